The fourth-order valence-corrected chi connectivity index (χ4v) is 4.19. The van der Waals surface area contributed by atoms with Crippen LogP contribution in [0.15, 0.2) is 59.5 Å². The van der Waals surface area contributed by atoms with Crippen LogP contribution in [0.4, 0.5) is 23.2 Å². The van der Waals surface area contributed by atoms with E-state index in [4.69, 9.17) is 0 Å². The van der Waals surface area contributed by atoms with Crippen molar-refractivity contribution in [3.05, 3.63) is 77.1 Å². The Bertz CT molecular complexity index is 1490. The van der Waals surface area contributed by atoms with E-state index < -0.39 is 78.6 Å². The third-order valence-corrected chi connectivity index (χ3v) is 5.93. The Morgan fingerprint density at radius 3 is 2.19 bits per heavy atom. The second-order valence-corrected chi connectivity index (χ2v) is 9.55. The number of halogens is 4. The highest BCUT2D eigenvalue weighted by Crippen LogP contribution is 2.37. The molecular weight excluding hydrogens is 520 g/mol. The zero-order valence-electron chi connectivity index (χ0n) is 19.2. The second kappa shape index (κ2) is 10.2. The van der Waals surface area contributed by atoms with Gasteiger partial charge in [-0.2, -0.15) is 21.6 Å². The number of anilines is 1. The lowest BCUT2D eigenvalue weighted by Crippen LogP contribution is -2.30. The Labute approximate surface area is 208 Å². The summed E-state index contributed by atoms with van der Waals surface area (Å²) in [6.07, 6.45) is -4.86. The molecule has 0 heterocycles. The molecule has 8 nitrogen and oxygen atoms in total. The molecule has 3 rings (SSSR count). The minimum Gasteiger partial charge on any atom is -0.508 e. The van der Waals surface area contributed by atoms with Crippen molar-refractivity contribution in [2.24, 2.45) is 0 Å². The highest BCUT2D eigenvalue weighted by Gasteiger charge is 2.33. The van der Waals surface area contributed by atoms with E-state index in [0.29, 0.717) is 18.2 Å². The molecule has 4 N–H and O–H groups in total. The maximum Gasteiger partial charge on any atom is 0.416 e. The summed E-state index contributed by atoms with van der Waals surface area (Å²) in [5.74, 6) is -3.71. The number of alkyl halides is 3. The number of phenolic OH excluding ortho intramolecular Hbond substituents is 1. The normalized spacial score (nSPS) is 11.9. The molecular formula is C24H20F4N2O6S. The number of aromatic hydroxyl groups is 1. The van der Waals surface area contributed by atoms with E-state index in [-0.39, 0.29) is 5.56 Å². The van der Waals surface area contributed by atoms with Gasteiger partial charge in [0.1, 0.15) is 16.5 Å². The van der Waals surface area contributed by atoms with Crippen LogP contribution in [0.3, 0.4) is 0 Å². The molecule has 196 valence electrons. The molecule has 0 saturated carbocycles. The maximum atomic E-state index is 14.2. The molecule has 0 aliphatic rings. The van der Waals surface area contributed by atoms with Gasteiger partial charge >= 0.3 is 6.18 Å². The molecule has 0 aliphatic heterocycles. The van der Waals surface area contributed by atoms with Crippen molar-refractivity contribution in [3.63, 3.8) is 0 Å². The van der Waals surface area contributed by atoms with Gasteiger partial charge in [-0.05, 0) is 61.4 Å². The Morgan fingerprint density at radius 1 is 0.946 bits per heavy atom. The average Bonchev–Trinajstić information content (AvgIpc) is 2.78. The van der Waals surface area contributed by atoms with Gasteiger partial charge in [-0.25, -0.2) is 4.39 Å². The van der Waals surface area contributed by atoms with Crippen LogP contribution in [0.1, 0.15) is 40.1 Å². The van der Waals surface area contributed by atoms with Crippen molar-refractivity contribution in [2.75, 3.05) is 5.32 Å². The third kappa shape index (κ3) is 6.24. The summed E-state index contributed by atoms with van der Waals surface area (Å²) in [6.45, 7) is 3.21. The minimum absolute atomic E-state index is 0.320. The Hall–Kier alpha value is -3.97. The number of amides is 2. The number of carbonyl (C=O) groups excluding carboxylic acids is 2. The maximum absolute atomic E-state index is 14.2. The predicted octanol–water partition coefficient (Wildman–Crippen LogP) is 4.85. The van der Waals surface area contributed by atoms with E-state index in [2.05, 4.69) is 10.6 Å². The standard InChI is InChI=1S/C24H20F4N2O6S/c1-12(2)29-22(32)16-8-6-13(24(26,27)28)10-17(16)15-4-3-5-20(37(34,35)36)21(15)23(33)30-19-9-7-14(31)11-18(19)25/h3-12,31H,1-2H3,(H,29,32)(H,30,33)(H,34,35,36). The summed E-state index contributed by atoms with van der Waals surface area (Å²) in [7, 11) is -5.13. The first-order chi connectivity index (χ1) is 17.1. The van der Waals surface area contributed by atoms with Gasteiger partial charge in [0, 0.05) is 17.7 Å². The molecule has 0 aliphatic carbocycles. The number of rotatable bonds is 6. The van der Waals surface area contributed by atoms with Gasteiger partial charge in [0.05, 0.1) is 16.8 Å². The Balaban J connectivity index is 2.33. The Morgan fingerprint density at radius 2 is 1.62 bits per heavy atom. The van der Waals surface area contributed by atoms with Crippen LogP contribution in [0.2, 0.25) is 0 Å². The van der Waals surface area contributed by atoms with E-state index in [1.54, 1.807) is 13.8 Å². The lowest BCUT2D eigenvalue weighted by Gasteiger charge is -2.19. The van der Waals surface area contributed by atoms with E-state index in [0.717, 1.165) is 36.4 Å². The highest BCUT2D eigenvalue weighted by atomic mass is 32.2. The van der Waals surface area contributed by atoms with E-state index in [1.165, 1.54) is 0 Å². The van der Waals surface area contributed by atoms with Crippen molar-refractivity contribution in [2.45, 2.75) is 31.0 Å². The quantitative estimate of drug-likeness (QED) is 0.201. The third-order valence-electron chi connectivity index (χ3n) is 5.03. The van der Waals surface area contributed by atoms with Gasteiger partial charge in [0.25, 0.3) is 21.9 Å². The molecule has 0 aromatic heterocycles. The lowest BCUT2D eigenvalue weighted by molar-refractivity contribution is -0.137. The summed E-state index contributed by atoms with van der Waals surface area (Å²) in [6, 6.07) is 7.27. The molecule has 2 amide bonds. The highest BCUT2D eigenvalue weighted by molar-refractivity contribution is 7.86. The number of benzene rings is 3. The van der Waals surface area contributed by atoms with Crippen LogP contribution in [0, 0.1) is 5.82 Å². The zero-order valence-corrected chi connectivity index (χ0v) is 20.0. The fourth-order valence-electron chi connectivity index (χ4n) is 3.48. The smallest absolute Gasteiger partial charge is 0.416 e. The summed E-state index contributed by atoms with van der Waals surface area (Å²) in [5.41, 5.74) is -3.77. The van der Waals surface area contributed by atoms with Crippen molar-refractivity contribution in [1.82, 2.24) is 5.32 Å². The molecule has 13 heteroatoms. The summed E-state index contributed by atoms with van der Waals surface area (Å²) >= 11 is 0. The molecule has 3 aromatic carbocycles. The zero-order chi connectivity index (χ0) is 27.7. The minimum atomic E-state index is -5.13. The lowest BCUT2D eigenvalue weighted by atomic mass is 9.92. The first-order valence-corrected chi connectivity index (χ1v) is 12.0. The van der Waals surface area contributed by atoms with E-state index in [9.17, 15) is 45.2 Å². The summed E-state index contributed by atoms with van der Waals surface area (Å²) < 4.78 is 88.8. The molecule has 0 atom stereocenters. The molecule has 0 fully saturated rings. The molecule has 0 bridgehead atoms. The van der Waals surface area contributed by atoms with Gasteiger partial charge in [-0.15, -0.1) is 0 Å². The van der Waals surface area contributed by atoms with E-state index in [1.807, 2.05) is 0 Å². The molecule has 0 spiro atoms. The van der Waals surface area contributed by atoms with Gasteiger partial charge in [-0.1, -0.05) is 12.1 Å². The molecule has 0 radical (unpaired) electrons. The monoisotopic (exact) mass is 540 g/mol. The van der Waals surface area contributed by atoms with Gasteiger partial charge in [0.15, 0.2) is 0 Å². The molecule has 3 aromatic rings. The summed E-state index contributed by atoms with van der Waals surface area (Å²) in [5, 5.41) is 14.0. The van der Waals surface area contributed by atoms with Crippen molar-refractivity contribution < 1.29 is 45.2 Å². The first-order valence-electron chi connectivity index (χ1n) is 10.5. The SMILES string of the molecule is CC(C)NC(=O)c1ccc(C(F)(F)F)cc1-c1cccc(S(=O)(=O)O)c1C(=O)Nc1ccc(O)cc1F. The average molecular weight is 540 g/mol. The van der Waals surface area contributed by atoms with Gasteiger partial charge in [0.2, 0.25) is 0 Å². The number of hydrogen-bond donors (Lipinski definition) is 4. The van der Waals surface area contributed by atoms with Crippen molar-refractivity contribution in [1.29, 1.82) is 0 Å². The molecule has 0 saturated heterocycles. The largest absolute Gasteiger partial charge is 0.508 e. The van der Waals surface area contributed by atoms with Crippen LogP contribution in [-0.4, -0.2) is 35.9 Å². The fraction of sp³-hybridized carbons (Fsp3) is 0.167. The first kappa shape index (κ1) is 27.6. The van der Waals surface area contributed by atoms with E-state index >= 15 is 0 Å². The van der Waals surface area contributed by atoms with Crippen LogP contribution < -0.4 is 10.6 Å². The molecule has 0 unspecified atom stereocenters. The Kier molecular flexibility index (Phi) is 7.60. The topological polar surface area (TPSA) is 133 Å². The number of phenols is 1. The van der Waals surface area contributed by atoms with Crippen molar-refractivity contribution >= 4 is 27.6 Å². The number of hydrogen-bond acceptors (Lipinski definition) is 5. The molecule has 37 heavy (non-hydrogen) atoms. The predicted molar refractivity (Wildman–Crippen MR) is 125 cm³/mol. The summed E-state index contributed by atoms with van der Waals surface area (Å²) in [4.78, 5) is 25.0. The number of carbonyl (C=O) groups is 2. The number of nitrogens with one attached hydrogen (secondary N) is 2. The van der Waals surface area contributed by atoms with Crippen molar-refractivity contribution in [3.8, 4) is 16.9 Å². The van der Waals surface area contributed by atoms with Gasteiger partial charge in [-0.3, -0.25) is 14.1 Å². The second-order valence-electron chi connectivity index (χ2n) is 8.16. The van der Waals surface area contributed by atoms with Crippen LogP contribution in [-0.2, 0) is 16.3 Å². The van der Waals surface area contributed by atoms with Crippen LogP contribution in [0.5, 0.6) is 5.75 Å². The van der Waals surface area contributed by atoms with Crippen LogP contribution in [0.25, 0.3) is 11.1 Å². The van der Waals surface area contributed by atoms with Crippen LogP contribution >= 0.6 is 0 Å². The van der Waals surface area contributed by atoms with Gasteiger partial charge < -0.3 is 15.7 Å².